The summed E-state index contributed by atoms with van der Waals surface area (Å²) in [5.74, 6) is -0.120. The highest BCUT2D eigenvalue weighted by Gasteiger charge is 2.27. The summed E-state index contributed by atoms with van der Waals surface area (Å²) in [6.45, 7) is 3.27. The van der Waals surface area contributed by atoms with Crippen LogP contribution in [0.15, 0.2) is 24.3 Å². The molecule has 0 spiro atoms. The van der Waals surface area contributed by atoms with E-state index in [1.54, 1.807) is 4.90 Å². The van der Waals surface area contributed by atoms with Crippen LogP contribution in [-0.2, 0) is 9.53 Å². The molecule has 0 aromatic heterocycles. The first-order valence-corrected chi connectivity index (χ1v) is 6.45. The molecule has 1 aliphatic heterocycles. The largest absolute Gasteiger partial charge is 0.394 e. The van der Waals surface area contributed by atoms with Crippen LogP contribution >= 0.6 is 0 Å². The van der Waals surface area contributed by atoms with E-state index in [0.717, 1.165) is 11.1 Å². The van der Waals surface area contributed by atoms with E-state index < -0.39 is 6.04 Å². The summed E-state index contributed by atoms with van der Waals surface area (Å²) in [6, 6.07) is 6.98. The molecule has 1 heterocycles. The summed E-state index contributed by atoms with van der Waals surface area (Å²) in [5.41, 5.74) is 7.95. The molecule has 1 aliphatic rings. The summed E-state index contributed by atoms with van der Waals surface area (Å²) >= 11 is 0. The Morgan fingerprint density at radius 3 is 2.84 bits per heavy atom. The molecule has 3 N–H and O–H groups in total. The fourth-order valence-corrected chi connectivity index (χ4v) is 2.14. The summed E-state index contributed by atoms with van der Waals surface area (Å²) in [7, 11) is 0. The van der Waals surface area contributed by atoms with Gasteiger partial charge in [0.15, 0.2) is 0 Å². The molecule has 0 aliphatic carbocycles. The molecule has 0 bridgehead atoms. The van der Waals surface area contributed by atoms with Crippen molar-refractivity contribution >= 4 is 5.91 Å². The lowest BCUT2D eigenvalue weighted by Gasteiger charge is -2.33. The van der Waals surface area contributed by atoms with Gasteiger partial charge in [-0.1, -0.05) is 29.8 Å². The topological polar surface area (TPSA) is 75.8 Å². The molecule has 5 heteroatoms. The summed E-state index contributed by atoms with van der Waals surface area (Å²) in [5, 5.41) is 9.08. The maximum absolute atomic E-state index is 12.3. The fraction of sp³-hybridized carbons (Fsp3) is 0.500. The lowest BCUT2D eigenvalue weighted by molar-refractivity contribution is -0.141. The number of ether oxygens (including phenoxy) is 1. The van der Waals surface area contributed by atoms with Crippen molar-refractivity contribution < 1.29 is 14.6 Å². The molecule has 1 fully saturated rings. The summed E-state index contributed by atoms with van der Waals surface area (Å²) < 4.78 is 5.32. The maximum atomic E-state index is 12.3. The van der Waals surface area contributed by atoms with Crippen molar-refractivity contribution in [2.75, 3.05) is 26.3 Å². The first-order chi connectivity index (χ1) is 9.11. The van der Waals surface area contributed by atoms with Gasteiger partial charge in [0.1, 0.15) is 6.04 Å². The number of hydrogen-bond donors (Lipinski definition) is 2. The number of morpholine rings is 1. The third-order valence-electron chi connectivity index (χ3n) is 3.36. The first-order valence-electron chi connectivity index (χ1n) is 6.45. The minimum absolute atomic E-state index is 0.0798. The standard InChI is InChI=1S/C14H20N2O3/c1-10-2-4-11(5-3-10)13(15)14(18)16-6-7-19-12(8-16)9-17/h2-5,12-13,17H,6-9,15H2,1H3. The van der Waals surface area contributed by atoms with Crippen molar-refractivity contribution in [2.24, 2.45) is 5.73 Å². The predicted octanol–water partition coefficient (Wildman–Crippen LogP) is 0.215. The van der Waals surface area contributed by atoms with Gasteiger partial charge in [0.2, 0.25) is 5.91 Å². The number of rotatable bonds is 3. The van der Waals surface area contributed by atoms with Gasteiger partial charge in [0, 0.05) is 13.1 Å². The maximum Gasteiger partial charge on any atom is 0.244 e. The molecule has 1 aromatic rings. The molecule has 0 radical (unpaired) electrons. The molecule has 2 atom stereocenters. The van der Waals surface area contributed by atoms with Crippen molar-refractivity contribution in [2.45, 2.75) is 19.1 Å². The molecular formula is C14H20N2O3. The predicted molar refractivity (Wildman–Crippen MR) is 71.5 cm³/mol. The average molecular weight is 264 g/mol. The normalized spacial score (nSPS) is 21.2. The highest BCUT2D eigenvalue weighted by atomic mass is 16.5. The molecule has 0 saturated carbocycles. The summed E-state index contributed by atoms with van der Waals surface area (Å²) in [4.78, 5) is 14.0. The van der Waals surface area contributed by atoms with Gasteiger partial charge in [-0.05, 0) is 12.5 Å². The number of benzene rings is 1. The highest BCUT2D eigenvalue weighted by Crippen LogP contribution is 2.16. The Morgan fingerprint density at radius 1 is 1.53 bits per heavy atom. The minimum Gasteiger partial charge on any atom is -0.394 e. The Labute approximate surface area is 113 Å². The second-order valence-corrected chi connectivity index (χ2v) is 4.85. The molecule has 104 valence electrons. The van der Waals surface area contributed by atoms with Gasteiger partial charge >= 0.3 is 0 Å². The third kappa shape index (κ3) is 3.32. The quantitative estimate of drug-likeness (QED) is 0.818. The van der Waals surface area contributed by atoms with Crippen LogP contribution in [0.1, 0.15) is 17.2 Å². The molecular weight excluding hydrogens is 244 g/mol. The van der Waals surface area contributed by atoms with Gasteiger partial charge in [0.05, 0.1) is 19.3 Å². The zero-order valence-electron chi connectivity index (χ0n) is 11.1. The monoisotopic (exact) mass is 264 g/mol. The average Bonchev–Trinajstić information content (AvgIpc) is 2.46. The van der Waals surface area contributed by atoms with Crippen molar-refractivity contribution in [1.29, 1.82) is 0 Å². The van der Waals surface area contributed by atoms with Gasteiger partial charge in [-0.25, -0.2) is 0 Å². The van der Waals surface area contributed by atoms with E-state index in [9.17, 15) is 4.79 Å². The molecule has 2 unspecified atom stereocenters. The first kappa shape index (κ1) is 14.0. The fourth-order valence-electron chi connectivity index (χ4n) is 2.14. The highest BCUT2D eigenvalue weighted by molar-refractivity contribution is 5.83. The number of hydrogen-bond acceptors (Lipinski definition) is 4. The molecule has 5 nitrogen and oxygen atoms in total. The number of carbonyl (C=O) groups excluding carboxylic acids is 1. The van der Waals surface area contributed by atoms with E-state index in [-0.39, 0.29) is 18.6 Å². The number of carbonyl (C=O) groups is 1. The SMILES string of the molecule is Cc1ccc(C(N)C(=O)N2CCOC(CO)C2)cc1. The lowest BCUT2D eigenvalue weighted by Crippen LogP contribution is -2.49. The Bertz CT molecular complexity index is 433. The zero-order valence-corrected chi connectivity index (χ0v) is 11.1. The minimum atomic E-state index is -0.655. The van der Waals surface area contributed by atoms with Crippen molar-refractivity contribution in [1.82, 2.24) is 4.90 Å². The second-order valence-electron chi connectivity index (χ2n) is 4.85. The summed E-state index contributed by atoms with van der Waals surface area (Å²) in [6.07, 6.45) is -0.303. The van der Waals surface area contributed by atoms with Crippen LogP contribution in [-0.4, -0.2) is 48.3 Å². The molecule has 1 amide bonds. The number of aliphatic hydroxyl groups is 1. The Balaban J connectivity index is 2.04. The Morgan fingerprint density at radius 2 is 2.21 bits per heavy atom. The van der Waals surface area contributed by atoms with Crippen molar-refractivity contribution in [3.05, 3.63) is 35.4 Å². The van der Waals surface area contributed by atoms with Crippen LogP contribution in [0, 0.1) is 6.92 Å². The van der Waals surface area contributed by atoms with Gasteiger partial charge in [-0.2, -0.15) is 0 Å². The van der Waals surface area contributed by atoms with Gasteiger partial charge in [-0.3, -0.25) is 4.79 Å². The van der Waals surface area contributed by atoms with Crippen LogP contribution in [0.5, 0.6) is 0 Å². The van der Waals surface area contributed by atoms with E-state index in [1.165, 1.54) is 0 Å². The molecule has 1 aromatic carbocycles. The Kier molecular flexibility index (Phi) is 4.52. The van der Waals surface area contributed by atoms with Crippen LogP contribution in [0.4, 0.5) is 0 Å². The number of amides is 1. The van der Waals surface area contributed by atoms with Crippen LogP contribution in [0.3, 0.4) is 0 Å². The molecule has 19 heavy (non-hydrogen) atoms. The van der Waals surface area contributed by atoms with Crippen LogP contribution < -0.4 is 5.73 Å². The number of aryl methyl sites for hydroxylation is 1. The number of nitrogens with two attached hydrogens (primary N) is 1. The number of nitrogens with zero attached hydrogens (tertiary/aromatic N) is 1. The van der Waals surface area contributed by atoms with Gasteiger partial charge < -0.3 is 20.5 Å². The number of aliphatic hydroxyl groups excluding tert-OH is 1. The zero-order chi connectivity index (χ0) is 13.8. The van der Waals surface area contributed by atoms with Crippen LogP contribution in [0.2, 0.25) is 0 Å². The van der Waals surface area contributed by atoms with E-state index in [2.05, 4.69) is 0 Å². The van der Waals surface area contributed by atoms with E-state index >= 15 is 0 Å². The smallest absolute Gasteiger partial charge is 0.244 e. The lowest BCUT2D eigenvalue weighted by atomic mass is 10.0. The van der Waals surface area contributed by atoms with Crippen molar-refractivity contribution in [3.8, 4) is 0 Å². The van der Waals surface area contributed by atoms with E-state index in [4.69, 9.17) is 15.6 Å². The van der Waals surface area contributed by atoms with Crippen LogP contribution in [0.25, 0.3) is 0 Å². The van der Waals surface area contributed by atoms with E-state index in [0.29, 0.717) is 19.7 Å². The Hall–Kier alpha value is -1.43. The van der Waals surface area contributed by atoms with Gasteiger partial charge in [-0.15, -0.1) is 0 Å². The third-order valence-corrected chi connectivity index (χ3v) is 3.36. The van der Waals surface area contributed by atoms with Gasteiger partial charge in [0.25, 0.3) is 0 Å². The van der Waals surface area contributed by atoms with Crippen molar-refractivity contribution in [3.63, 3.8) is 0 Å². The molecule has 1 saturated heterocycles. The second kappa shape index (κ2) is 6.14. The van der Waals surface area contributed by atoms with E-state index in [1.807, 2.05) is 31.2 Å². The molecule has 2 rings (SSSR count).